The van der Waals surface area contributed by atoms with Gasteiger partial charge in [-0.3, -0.25) is 19.6 Å². The second kappa shape index (κ2) is 22.9. The topological polar surface area (TPSA) is 111 Å². The van der Waals surface area contributed by atoms with E-state index in [0.717, 1.165) is 35.5 Å². The summed E-state index contributed by atoms with van der Waals surface area (Å²) in [7, 11) is 0. The van der Waals surface area contributed by atoms with E-state index in [2.05, 4.69) is 19.8 Å². The van der Waals surface area contributed by atoms with Gasteiger partial charge in [0, 0.05) is 48.0 Å². The average Bonchev–Trinajstić information content (AvgIpc) is 3.30. The molecule has 2 aliphatic rings. The minimum absolute atomic E-state index is 0.0637. The fraction of sp³-hybridized carbons (Fsp3) is 0.440. The van der Waals surface area contributed by atoms with Gasteiger partial charge < -0.3 is 28.1 Å². The smallest absolute Gasteiger partial charge is 0.193 e. The summed E-state index contributed by atoms with van der Waals surface area (Å²) in [6, 6.07) is 21.3. The molecule has 2 fully saturated rings. The highest BCUT2D eigenvalue weighted by Crippen LogP contribution is 2.26. The van der Waals surface area contributed by atoms with Crippen LogP contribution in [0.1, 0.15) is 89.9 Å². The SMILES string of the molecule is O=c1cc(-c2cccnc2)oc2ccc(OCCCCCCN3CCCCC3)cc12.O=c1cc(-c2ccncc2)oc2ccc(OCCCCCCN3CCCCC3)cc12. The molecule has 6 aromatic rings. The van der Waals surface area contributed by atoms with Crippen LogP contribution >= 0.6 is 0 Å². The van der Waals surface area contributed by atoms with E-state index in [0.29, 0.717) is 46.7 Å². The lowest BCUT2D eigenvalue weighted by atomic mass is 10.1. The number of hydrogen-bond donors (Lipinski definition) is 0. The third kappa shape index (κ3) is 12.8. The zero-order valence-electron chi connectivity index (χ0n) is 35.0. The number of nitrogens with zero attached hydrogens (tertiary/aromatic N) is 4. The van der Waals surface area contributed by atoms with Crippen LogP contribution in [0.4, 0.5) is 0 Å². The van der Waals surface area contributed by atoms with Gasteiger partial charge >= 0.3 is 0 Å². The van der Waals surface area contributed by atoms with E-state index in [1.807, 2.05) is 48.5 Å². The molecule has 0 amide bonds. The Morgan fingerprint density at radius 3 is 1.50 bits per heavy atom. The monoisotopic (exact) mass is 812 g/mol. The molecule has 8 rings (SSSR count). The van der Waals surface area contributed by atoms with Crippen molar-refractivity contribution in [2.45, 2.75) is 89.9 Å². The zero-order chi connectivity index (χ0) is 41.2. The summed E-state index contributed by atoms with van der Waals surface area (Å²) < 4.78 is 23.6. The summed E-state index contributed by atoms with van der Waals surface area (Å²) in [6.45, 7) is 8.95. The maximum atomic E-state index is 12.6. The van der Waals surface area contributed by atoms with Crippen molar-refractivity contribution in [1.82, 2.24) is 19.8 Å². The molecule has 2 aromatic carbocycles. The number of piperidine rings is 2. The average molecular weight is 813 g/mol. The molecule has 4 aromatic heterocycles. The van der Waals surface area contributed by atoms with E-state index >= 15 is 0 Å². The number of aromatic nitrogens is 2. The van der Waals surface area contributed by atoms with Crippen LogP contribution < -0.4 is 20.3 Å². The molecular formula is C50H60N4O6. The van der Waals surface area contributed by atoms with Gasteiger partial charge in [0.2, 0.25) is 0 Å². The summed E-state index contributed by atoms with van der Waals surface area (Å²) in [5.41, 5.74) is 2.62. The third-order valence-electron chi connectivity index (χ3n) is 11.5. The van der Waals surface area contributed by atoms with Crippen molar-refractivity contribution in [2.24, 2.45) is 0 Å². The molecule has 6 heterocycles. The zero-order valence-corrected chi connectivity index (χ0v) is 35.0. The van der Waals surface area contributed by atoms with Gasteiger partial charge in [0.1, 0.15) is 34.2 Å². The number of rotatable bonds is 18. The van der Waals surface area contributed by atoms with Crippen LogP contribution in [0.15, 0.2) is 116 Å². The molecule has 0 saturated carbocycles. The van der Waals surface area contributed by atoms with Crippen molar-refractivity contribution in [3.63, 3.8) is 0 Å². The van der Waals surface area contributed by atoms with Crippen molar-refractivity contribution < 1.29 is 18.3 Å². The summed E-state index contributed by atoms with van der Waals surface area (Å²) in [5, 5.41) is 1.09. The number of hydrogen-bond acceptors (Lipinski definition) is 10. The van der Waals surface area contributed by atoms with E-state index in [9.17, 15) is 9.59 Å². The Hall–Kier alpha value is -5.32. The first-order valence-corrected chi connectivity index (χ1v) is 22.3. The Bertz CT molecular complexity index is 2150. The first-order chi connectivity index (χ1) is 29.6. The van der Waals surface area contributed by atoms with E-state index < -0.39 is 0 Å². The first-order valence-electron chi connectivity index (χ1n) is 22.3. The molecule has 2 aliphatic heterocycles. The molecule has 0 unspecified atom stereocenters. The van der Waals surface area contributed by atoms with E-state index in [1.54, 1.807) is 36.9 Å². The Labute approximate surface area is 353 Å². The van der Waals surface area contributed by atoms with Crippen molar-refractivity contribution in [1.29, 1.82) is 0 Å². The molecule has 10 heteroatoms. The highest BCUT2D eigenvalue weighted by Gasteiger charge is 2.12. The lowest BCUT2D eigenvalue weighted by Crippen LogP contribution is -2.30. The molecule has 0 atom stereocenters. The van der Waals surface area contributed by atoms with Gasteiger partial charge in [-0.15, -0.1) is 0 Å². The minimum atomic E-state index is -0.0711. The van der Waals surface area contributed by atoms with Gasteiger partial charge in [-0.2, -0.15) is 0 Å². The number of benzene rings is 2. The standard InChI is InChI=1S/2C25H30N2O3/c28-23-19-25(20-10-12-26-13-11-20)30-24-9-8-21(18-22(23)24)29-17-7-2-1-4-14-27-15-5-3-6-16-27;28-23-18-25(20-9-8-12-26-19-20)30-24-11-10-21(17-22(23)24)29-16-7-2-1-4-13-27-14-5-3-6-15-27/h8-13,18-19H,1-7,14-17H2;8-12,17-19H,1-7,13-16H2. The normalized spacial score (nSPS) is 14.8. The highest BCUT2D eigenvalue weighted by atomic mass is 16.5. The molecular weight excluding hydrogens is 753 g/mol. The second-order valence-electron chi connectivity index (χ2n) is 16.1. The molecule has 2 saturated heterocycles. The Kier molecular flexibility index (Phi) is 16.3. The fourth-order valence-corrected chi connectivity index (χ4v) is 8.09. The van der Waals surface area contributed by atoms with Crippen LogP contribution in [0.2, 0.25) is 0 Å². The quantitative estimate of drug-likeness (QED) is 0.0778. The van der Waals surface area contributed by atoms with Crippen molar-refractivity contribution >= 4 is 21.9 Å². The minimum Gasteiger partial charge on any atom is -0.494 e. The fourth-order valence-electron chi connectivity index (χ4n) is 8.09. The molecule has 10 nitrogen and oxygen atoms in total. The van der Waals surface area contributed by atoms with Crippen LogP contribution in [0.25, 0.3) is 44.6 Å². The first kappa shape index (κ1) is 42.8. The predicted octanol–water partition coefficient (Wildman–Crippen LogP) is 10.6. The van der Waals surface area contributed by atoms with E-state index in [4.69, 9.17) is 18.3 Å². The van der Waals surface area contributed by atoms with Crippen LogP contribution in [0.5, 0.6) is 11.5 Å². The van der Waals surface area contributed by atoms with Crippen LogP contribution in [-0.4, -0.2) is 72.3 Å². The summed E-state index contributed by atoms with van der Waals surface area (Å²) in [5.74, 6) is 2.52. The van der Waals surface area contributed by atoms with Gasteiger partial charge in [-0.1, -0.05) is 38.5 Å². The third-order valence-corrected chi connectivity index (χ3v) is 11.5. The van der Waals surface area contributed by atoms with Crippen molar-refractivity contribution in [3.05, 3.63) is 118 Å². The number of ether oxygens (including phenoxy) is 2. The van der Waals surface area contributed by atoms with Crippen LogP contribution in [0, 0.1) is 0 Å². The van der Waals surface area contributed by atoms with Gasteiger partial charge in [0.25, 0.3) is 0 Å². The second-order valence-corrected chi connectivity index (χ2v) is 16.1. The Morgan fingerprint density at radius 2 is 1.00 bits per heavy atom. The van der Waals surface area contributed by atoms with Crippen LogP contribution in [-0.2, 0) is 0 Å². The van der Waals surface area contributed by atoms with Gasteiger partial charge in [-0.25, -0.2) is 0 Å². The Balaban J connectivity index is 0.000000181. The molecule has 316 valence electrons. The lowest BCUT2D eigenvalue weighted by molar-refractivity contribution is 0.223. The van der Waals surface area contributed by atoms with Gasteiger partial charge in [0.05, 0.1) is 24.0 Å². The van der Waals surface area contributed by atoms with Crippen molar-refractivity contribution in [3.8, 4) is 34.1 Å². The number of pyridine rings is 2. The van der Waals surface area contributed by atoms with Gasteiger partial charge in [-0.05, 0) is 151 Å². The summed E-state index contributed by atoms with van der Waals surface area (Å²) in [4.78, 5) is 38.4. The largest absolute Gasteiger partial charge is 0.494 e. The maximum absolute atomic E-state index is 12.6. The summed E-state index contributed by atoms with van der Waals surface area (Å²) >= 11 is 0. The molecule has 0 aliphatic carbocycles. The van der Waals surface area contributed by atoms with E-state index in [1.165, 1.54) is 128 Å². The summed E-state index contributed by atoms with van der Waals surface area (Å²) in [6.07, 6.45) is 24.5. The van der Waals surface area contributed by atoms with Crippen LogP contribution in [0.3, 0.4) is 0 Å². The Morgan fingerprint density at radius 1 is 0.500 bits per heavy atom. The molecule has 60 heavy (non-hydrogen) atoms. The highest BCUT2D eigenvalue weighted by molar-refractivity contribution is 5.81. The number of likely N-dealkylation sites (tertiary alicyclic amines) is 2. The number of fused-ring (bicyclic) bond motifs is 2. The molecule has 0 N–H and O–H groups in total. The molecule has 0 spiro atoms. The molecule has 0 radical (unpaired) electrons. The lowest BCUT2D eigenvalue weighted by Gasteiger charge is -2.26. The van der Waals surface area contributed by atoms with Crippen molar-refractivity contribution in [2.75, 3.05) is 52.5 Å². The maximum Gasteiger partial charge on any atom is 0.193 e. The number of unbranched alkanes of at least 4 members (excludes halogenated alkanes) is 6. The predicted molar refractivity (Wildman–Crippen MR) is 240 cm³/mol. The molecule has 0 bridgehead atoms. The van der Waals surface area contributed by atoms with Gasteiger partial charge in [0.15, 0.2) is 10.9 Å². The van der Waals surface area contributed by atoms with E-state index in [-0.39, 0.29) is 10.9 Å².